The van der Waals surface area contributed by atoms with Crippen molar-refractivity contribution in [2.24, 2.45) is 0 Å². The molecular formula is C24H23FO3. The second-order valence-corrected chi connectivity index (χ2v) is 6.68. The Morgan fingerprint density at radius 2 is 1.79 bits per heavy atom. The molecule has 0 saturated carbocycles. The zero-order chi connectivity index (χ0) is 19.9. The normalized spacial score (nSPS) is 10.5. The molecule has 3 aromatic carbocycles. The number of carbonyl (C=O) groups excluding carboxylic acids is 1. The summed E-state index contributed by atoms with van der Waals surface area (Å²) in [6, 6.07) is 20.5. The molecule has 4 heteroatoms. The molecule has 144 valence electrons. The molecule has 28 heavy (non-hydrogen) atoms. The van der Waals surface area contributed by atoms with E-state index in [9.17, 15) is 9.18 Å². The van der Waals surface area contributed by atoms with E-state index >= 15 is 0 Å². The third-order valence-corrected chi connectivity index (χ3v) is 4.56. The van der Waals surface area contributed by atoms with Gasteiger partial charge in [-0.2, -0.15) is 0 Å². The first-order chi connectivity index (χ1) is 13.5. The lowest BCUT2D eigenvalue weighted by atomic mass is 9.98. The van der Waals surface area contributed by atoms with Gasteiger partial charge in [-0.1, -0.05) is 48.0 Å². The fraction of sp³-hybridized carbons (Fsp3) is 0.208. The highest BCUT2D eigenvalue weighted by Gasteiger charge is 2.09. The molecular weight excluding hydrogens is 355 g/mol. The van der Waals surface area contributed by atoms with Gasteiger partial charge < -0.3 is 9.47 Å². The van der Waals surface area contributed by atoms with E-state index < -0.39 is 0 Å². The quantitative estimate of drug-likeness (QED) is 0.510. The third-order valence-electron chi connectivity index (χ3n) is 4.56. The molecule has 0 amide bonds. The van der Waals surface area contributed by atoms with Gasteiger partial charge in [-0.3, -0.25) is 4.79 Å². The molecule has 0 saturated heterocycles. The van der Waals surface area contributed by atoms with Gasteiger partial charge in [0.2, 0.25) is 0 Å². The lowest BCUT2D eigenvalue weighted by molar-refractivity contribution is -0.140. The number of benzene rings is 3. The van der Waals surface area contributed by atoms with E-state index in [0.29, 0.717) is 18.6 Å². The molecule has 0 aliphatic rings. The van der Waals surface area contributed by atoms with Crippen LogP contribution in [0, 0.1) is 12.7 Å². The van der Waals surface area contributed by atoms with Crippen LogP contribution < -0.4 is 4.74 Å². The average Bonchev–Trinajstić information content (AvgIpc) is 2.71. The van der Waals surface area contributed by atoms with Crippen LogP contribution in [0.2, 0.25) is 0 Å². The Kier molecular flexibility index (Phi) is 6.43. The fourth-order valence-corrected chi connectivity index (χ4v) is 3.04. The van der Waals surface area contributed by atoms with Crippen LogP contribution in [-0.4, -0.2) is 13.1 Å². The maximum Gasteiger partial charge on any atom is 0.305 e. The summed E-state index contributed by atoms with van der Waals surface area (Å²) in [7, 11) is 1.39. The molecule has 0 radical (unpaired) electrons. The van der Waals surface area contributed by atoms with Gasteiger partial charge in [0, 0.05) is 6.42 Å². The van der Waals surface area contributed by atoms with Crippen molar-refractivity contribution in [3.8, 4) is 16.9 Å². The van der Waals surface area contributed by atoms with Gasteiger partial charge in [0.25, 0.3) is 0 Å². The number of aryl methyl sites for hydroxylation is 2. The van der Waals surface area contributed by atoms with Crippen molar-refractivity contribution in [3.63, 3.8) is 0 Å². The van der Waals surface area contributed by atoms with Gasteiger partial charge >= 0.3 is 5.97 Å². The number of ether oxygens (including phenoxy) is 2. The summed E-state index contributed by atoms with van der Waals surface area (Å²) in [5.41, 5.74) is 4.97. The summed E-state index contributed by atoms with van der Waals surface area (Å²) < 4.78 is 24.3. The predicted molar refractivity (Wildman–Crippen MR) is 108 cm³/mol. The zero-order valence-corrected chi connectivity index (χ0v) is 16.1. The van der Waals surface area contributed by atoms with Crippen LogP contribution in [0.15, 0.2) is 66.7 Å². The summed E-state index contributed by atoms with van der Waals surface area (Å²) >= 11 is 0. The highest BCUT2D eigenvalue weighted by molar-refractivity contribution is 5.69. The van der Waals surface area contributed by atoms with Gasteiger partial charge in [-0.15, -0.1) is 0 Å². The minimum atomic E-state index is -0.284. The van der Waals surface area contributed by atoms with E-state index in [1.165, 1.54) is 19.2 Å². The molecule has 0 heterocycles. The molecule has 3 aromatic rings. The summed E-state index contributed by atoms with van der Waals surface area (Å²) in [6.45, 7) is 2.30. The lowest BCUT2D eigenvalue weighted by Gasteiger charge is -2.13. The SMILES string of the molecule is COC(=O)CCc1ccc(OCc2cc(F)ccc2-c2cccc(C)c2)cc1. The van der Waals surface area contributed by atoms with Crippen molar-refractivity contribution < 1.29 is 18.7 Å². The Bertz CT molecular complexity index is 948. The summed E-state index contributed by atoms with van der Waals surface area (Å²) in [5.74, 6) is 0.185. The highest BCUT2D eigenvalue weighted by atomic mass is 19.1. The number of hydrogen-bond acceptors (Lipinski definition) is 3. The Balaban J connectivity index is 1.70. The van der Waals surface area contributed by atoms with Crippen LogP contribution in [-0.2, 0) is 22.6 Å². The van der Waals surface area contributed by atoms with E-state index in [0.717, 1.165) is 27.8 Å². The topological polar surface area (TPSA) is 35.5 Å². The van der Waals surface area contributed by atoms with Crippen LogP contribution in [0.5, 0.6) is 5.75 Å². The molecule has 0 aliphatic heterocycles. The van der Waals surface area contributed by atoms with E-state index in [1.54, 1.807) is 6.07 Å². The van der Waals surface area contributed by atoms with Crippen molar-refractivity contribution in [3.05, 3.63) is 89.2 Å². The maximum absolute atomic E-state index is 13.8. The van der Waals surface area contributed by atoms with Crippen molar-refractivity contribution in [2.45, 2.75) is 26.4 Å². The number of carbonyl (C=O) groups is 1. The number of hydrogen-bond donors (Lipinski definition) is 0. The van der Waals surface area contributed by atoms with Crippen molar-refractivity contribution in [2.75, 3.05) is 7.11 Å². The first-order valence-electron chi connectivity index (χ1n) is 9.19. The maximum atomic E-state index is 13.8. The minimum Gasteiger partial charge on any atom is -0.489 e. The molecule has 0 aliphatic carbocycles. The number of methoxy groups -OCH3 is 1. The molecule has 0 atom stereocenters. The molecule has 0 spiro atoms. The Labute approximate surface area is 164 Å². The zero-order valence-electron chi connectivity index (χ0n) is 16.1. The molecule has 0 aromatic heterocycles. The van der Waals surface area contributed by atoms with Crippen molar-refractivity contribution in [1.82, 2.24) is 0 Å². The highest BCUT2D eigenvalue weighted by Crippen LogP contribution is 2.27. The molecule has 3 nitrogen and oxygen atoms in total. The Morgan fingerprint density at radius 3 is 2.50 bits per heavy atom. The van der Waals surface area contributed by atoms with Gasteiger partial charge in [0.15, 0.2) is 0 Å². The van der Waals surface area contributed by atoms with Crippen molar-refractivity contribution in [1.29, 1.82) is 0 Å². The van der Waals surface area contributed by atoms with Crippen molar-refractivity contribution >= 4 is 5.97 Å². The molecule has 0 bridgehead atoms. The smallest absolute Gasteiger partial charge is 0.305 e. The van der Waals surface area contributed by atoms with Gasteiger partial charge in [-0.25, -0.2) is 4.39 Å². The monoisotopic (exact) mass is 378 g/mol. The Morgan fingerprint density at radius 1 is 1.00 bits per heavy atom. The largest absolute Gasteiger partial charge is 0.489 e. The van der Waals surface area contributed by atoms with E-state index in [2.05, 4.69) is 10.8 Å². The number of rotatable bonds is 7. The molecule has 0 unspecified atom stereocenters. The molecule has 3 rings (SSSR count). The van der Waals surface area contributed by atoms with Crippen LogP contribution in [0.4, 0.5) is 4.39 Å². The third kappa shape index (κ3) is 5.19. The first kappa shape index (κ1) is 19.6. The predicted octanol–water partition coefficient (Wildman–Crippen LogP) is 5.49. The second kappa shape index (κ2) is 9.18. The van der Waals surface area contributed by atoms with Crippen LogP contribution >= 0.6 is 0 Å². The standard InChI is InChI=1S/C24H23FO3/c1-17-4-3-5-19(14-17)23-12-9-21(25)15-20(23)16-28-22-10-6-18(7-11-22)8-13-24(26)27-2/h3-7,9-12,14-15H,8,13,16H2,1-2H3. The molecule has 0 N–H and O–H groups in total. The first-order valence-corrected chi connectivity index (χ1v) is 9.19. The fourth-order valence-electron chi connectivity index (χ4n) is 3.04. The van der Waals surface area contributed by atoms with E-state index in [4.69, 9.17) is 4.74 Å². The van der Waals surface area contributed by atoms with Crippen LogP contribution in [0.3, 0.4) is 0 Å². The molecule has 0 fully saturated rings. The van der Waals surface area contributed by atoms with Gasteiger partial charge in [-0.05, 0) is 59.9 Å². The summed E-state index contributed by atoms with van der Waals surface area (Å²) in [6.07, 6.45) is 0.966. The number of esters is 1. The van der Waals surface area contributed by atoms with E-state index in [1.807, 2.05) is 49.4 Å². The second-order valence-electron chi connectivity index (χ2n) is 6.68. The summed E-state index contributed by atoms with van der Waals surface area (Å²) in [5, 5.41) is 0. The minimum absolute atomic E-state index is 0.227. The van der Waals surface area contributed by atoms with E-state index in [-0.39, 0.29) is 18.4 Å². The average molecular weight is 378 g/mol. The van der Waals surface area contributed by atoms with Crippen LogP contribution in [0.25, 0.3) is 11.1 Å². The number of halogens is 1. The Hall–Kier alpha value is -3.14. The van der Waals surface area contributed by atoms with Gasteiger partial charge in [0.1, 0.15) is 18.2 Å². The summed E-state index contributed by atoms with van der Waals surface area (Å²) in [4.78, 5) is 11.2. The lowest BCUT2D eigenvalue weighted by Crippen LogP contribution is -2.02. The van der Waals surface area contributed by atoms with Gasteiger partial charge in [0.05, 0.1) is 7.11 Å². The van der Waals surface area contributed by atoms with Crippen LogP contribution in [0.1, 0.15) is 23.1 Å².